The predicted molar refractivity (Wildman–Crippen MR) is 103 cm³/mol. The number of benzene rings is 2. The molecule has 0 saturated heterocycles. The Labute approximate surface area is 176 Å². The van der Waals surface area contributed by atoms with Gasteiger partial charge < -0.3 is 33.5 Å². The predicted octanol–water partition coefficient (Wildman–Crippen LogP) is 1.26. The minimum absolute atomic E-state index is 0. The fourth-order valence-electron chi connectivity index (χ4n) is 2.99. The fourth-order valence-corrected chi connectivity index (χ4v) is 2.99. The van der Waals surface area contributed by atoms with E-state index >= 15 is 0 Å². The van der Waals surface area contributed by atoms with Crippen LogP contribution in [0.2, 0.25) is 0 Å². The average Bonchev–Trinajstić information content (AvgIpc) is 2.66. The molecule has 0 N–H and O–H groups in total. The lowest BCUT2D eigenvalue weighted by atomic mass is 10.1. The summed E-state index contributed by atoms with van der Waals surface area (Å²) < 4.78 is 12.7. The topological polar surface area (TPSA) is 39.4 Å². The van der Waals surface area contributed by atoms with Crippen molar-refractivity contribution >= 4 is 29.0 Å². The normalized spacial score (nSPS) is 10.6. The van der Waals surface area contributed by atoms with Crippen molar-refractivity contribution in [3.05, 3.63) is 65.9 Å². The molecule has 3 aromatic rings. The molecule has 0 unspecified atom stereocenters. The van der Waals surface area contributed by atoms with Gasteiger partial charge in [-0.05, 0) is 42.8 Å². The second-order valence-corrected chi connectivity index (χ2v) is 5.90. The molecule has 0 atom stereocenters. The zero-order valence-electron chi connectivity index (χ0n) is 15.6. The smallest absolute Gasteiger partial charge is 0.308 e. The van der Waals surface area contributed by atoms with Gasteiger partial charge in [0.1, 0.15) is 6.54 Å². The molecular formula is C22H22INO3. The number of esters is 1. The van der Waals surface area contributed by atoms with E-state index in [9.17, 15) is 4.79 Å². The number of aromatic nitrogens is 1. The molecule has 1 heterocycles. The van der Waals surface area contributed by atoms with Crippen LogP contribution in [-0.2, 0) is 11.3 Å². The molecule has 0 bridgehead atoms. The maximum absolute atomic E-state index is 11.2. The first kappa shape index (κ1) is 20.9. The van der Waals surface area contributed by atoms with Crippen LogP contribution in [0.25, 0.3) is 23.1 Å². The van der Waals surface area contributed by atoms with Gasteiger partial charge in [0.25, 0.3) is 0 Å². The Bertz CT molecular complexity index is 982. The molecule has 0 saturated carbocycles. The lowest BCUT2D eigenvalue weighted by Crippen LogP contribution is -3.00. The second kappa shape index (κ2) is 9.50. The van der Waals surface area contributed by atoms with Crippen molar-refractivity contribution in [2.75, 3.05) is 7.11 Å². The van der Waals surface area contributed by atoms with Crippen molar-refractivity contribution in [1.82, 2.24) is 0 Å². The van der Waals surface area contributed by atoms with Crippen molar-refractivity contribution < 1.29 is 42.8 Å². The van der Waals surface area contributed by atoms with Crippen LogP contribution in [0.4, 0.5) is 0 Å². The Morgan fingerprint density at radius 3 is 2.52 bits per heavy atom. The van der Waals surface area contributed by atoms with Crippen LogP contribution in [0.5, 0.6) is 11.5 Å². The van der Waals surface area contributed by atoms with Gasteiger partial charge in [-0.3, -0.25) is 4.79 Å². The Kier molecular flexibility index (Phi) is 7.36. The van der Waals surface area contributed by atoms with E-state index in [1.807, 2.05) is 18.2 Å². The molecule has 140 valence electrons. The number of aryl methyl sites for hydroxylation is 1. The Morgan fingerprint density at radius 1 is 1.04 bits per heavy atom. The lowest BCUT2D eigenvalue weighted by molar-refractivity contribution is -0.669. The van der Waals surface area contributed by atoms with Gasteiger partial charge in [0.2, 0.25) is 11.2 Å². The first-order chi connectivity index (χ1) is 12.6. The van der Waals surface area contributed by atoms with Crippen molar-refractivity contribution in [1.29, 1.82) is 0 Å². The third-order valence-electron chi connectivity index (χ3n) is 4.18. The van der Waals surface area contributed by atoms with E-state index in [1.165, 1.54) is 17.8 Å². The number of hydrogen-bond acceptors (Lipinski definition) is 3. The number of fused-ring (bicyclic) bond motifs is 1. The van der Waals surface area contributed by atoms with Crippen LogP contribution >= 0.6 is 0 Å². The zero-order valence-corrected chi connectivity index (χ0v) is 17.8. The minimum atomic E-state index is -0.369. The molecular weight excluding hydrogens is 453 g/mol. The molecule has 0 aliphatic carbocycles. The van der Waals surface area contributed by atoms with Crippen LogP contribution in [0.1, 0.15) is 25.1 Å². The molecule has 0 radical (unpaired) electrons. The Morgan fingerprint density at radius 2 is 1.81 bits per heavy atom. The molecule has 0 amide bonds. The first-order valence-electron chi connectivity index (χ1n) is 8.58. The monoisotopic (exact) mass is 475 g/mol. The second-order valence-electron chi connectivity index (χ2n) is 5.90. The summed E-state index contributed by atoms with van der Waals surface area (Å²) in [5.74, 6) is 0.586. The standard InChI is InChI=1S/C22H22NO3.HI/c1-4-23-19(13-11-18-7-5-6-8-20(18)23)12-9-17-10-14-21(26-16(2)24)22(15-17)25-3;/h5-15H,4H2,1-3H3;1H/q+1;/p-1. The highest BCUT2D eigenvalue weighted by atomic mass is 127. The van der Waals surface area contributed by atoms with Gasteiger partial charge in [0.05, 0.1) is 7.11 Å². The number of methoxy groups -OCH3 is 1. The van der Waals surface area contributed by atoms with Gasteiger partial charge >= 0.3 is 5.97 Å². The number of halogens is 1. The van der Waals surface area contributed by atoms with Crippen LogP contribution in [0, 0.1) is 0 Å². The lowest BCUT2D eigenvalue weighted by Gasteiger charge is -2.08. The molecule has 5 heteroatoms. The molecule has 1 aromatic heterocycles. The van der Waals surface area contributed by atoms with E-state index in [1.54, 1.807) is 13.2 Å². The van der Waals surface area contributed by atoms with Crippen molar-refractivity contribution in [2.24, 2.45) is 0 Å². The van der Waals surface area contributed by atoms with E-state index in [-0.39, 0.29) is 29.9 Å². The maximum atomic E-state index is 11.2. The fraction of sp³-hybridized carbons (Fsp3) is 0.182. The molecule has 0 aliphatic heterocycles. The molecule has 0 spiro atoms. The number of carbonyl (C=O) groups excluding carboxylic acids is 1. The molecule has 3 rings (SSSR count). The molecule has 27 heavy (non-hydrogen) atoms. The SMILES string of the molecule is CC[n+]1c(C=Cc2ccc(OC(C)=O)c(OC)c2)ccc2ccccc21.[I-]. The third-order valence-corrected chi connectivity index (χ3v) is 4.18. The summed E-state index contributed by atoms with van der Waals surface area (Å²) in [5, 5.41) is 1.22. The third kappa shape index (κ3) is 4.86. The quantitative estimate of drug-likeness (QED) is 0.242. The van der Waals surface area contributed by atoms with Gasteiger partial charge in [-0.2, -0.15) is 4.57 Å². The average molecular weight is 475 g/mol. The van der Waals surface area contributed by atoms with Crippen LogP contribution in [0.3, 0.4) is 0 Å². The van der Waals surface area contributed by atoms with E-state index in [2.05, 4.69) is 54.0 Å². The Balaban J connectivity index is 0.00000261. The number of para-hydroxylation sites is 1. The van der Waals surface area contributed by atoms with Gasteiger partial charge in [-0.15, -0.1) is 0 Å². The number of nitrogens with zero attached hydrogens (tertiary/aromatic N) is 1. The van der Waals surface area contributed by atoms with Gasteiger partial charge in [0.15, 0.2) is 11.5 Å². The Hall–Kier alpha value is -2.41. The van der Waals surface area contributed by atoms with Crippen molar-refractivity contribution in [3.8, 4) is 11.5 Å². The number of carbonyl (C=O) groups is 1. The number of rotatable bonds is 5. The number of ether oxygens (including phenoxy) is 2. The molecule has 0 fully saturated rings. The first-order valence-corrected chi connectivity index (χ1v) is 8.58. The van der Waals surface area contributed by atoms with E-state index in [0.29, 0.717) is 11.5 Å². The summed E-state index contributed by atoms with van der Waals surface area (Å²) in [7, 11) is 1.56. The maximum Gasteiger partial charge on any atom is 0.308 e. The molecule has 4 nitrogen and oxygen atoms in total. The summed E-state index contributed by atoms with van der Waals surface area (Å²) >= 11 is 0. The van der Waals surface area contributed by atoms with Gasteiger partial charge in [0, 0.05) is 30.5 Å². The summed E-state index contributed by atoms with van der Waals surface area (Å²) in [5.41, 5.74) is 3.29. The van der Waals surface area contributed by atoms with Crippen molar-refractivity contribution in [2.45, 2.75) is 20.4 Å². The van der Waals surface area contributed by atoms with Gasteiger partial charge in [-0.1, -0.05) is 18.2 Å². The van der Waals surface area contributed by atoms with E-state index in [4.69, 9.17) is 9.47 Å². The minimum Gasteiger partial charge on any atom is -1.00 e. The summed E-state index contributed by atoms with van der Waals surface area (Å²) in [6, 6.07) is 18.1. The summed E-state index contributed by atoms with van der Waals surface area (Å²) in [6.07, 6.45) is 4.10. The largest absolute Gasteiger partial charge is 1.00 e. The number of pyridine rings is 1. The van der Waals surface area contributed by atoms with Crippen molar-refractivity contribution in [3.63, 3.8) is 0 Å². The number of hydrogen-bond donors (Lipinski definition) is 0. The van der Waals surface area contributed by atoms with Crippen LogP contribution in [0.15, 0.2) is 54.6 Å². The van der Waals surface area contributed by atoms with E-state index in [0.717, 1.165) is 17.8 Å². The summed E-state index contributed by atoms with van der Waals surface area (Å²) in [6.45, 7) is 4.40. The van der Waals surface area contributed by atoms with Crippen LogP contribution in [-0.4, -0.2) is 13.1 Å². The summed E-state index contributed by atoms with van der Waals surface area (Å²) in [4.78, 5) is 11.2. The zero-order chi connectivity index (χ0) is 18.5. The van der Waals surface area contributed by atoms with E-state index < -0.39 is 0 Å². The van der Waals surface area contributed by atoms with Gasteiger partial charge in [-0.25, -0.2) is 0 Å². The highest BCUT2D eigenvalue weighted by Gasteiger charge is 2.11. The highest BCUT2D eigenvalue weighted by Crippen LogP contribution is 2.29. The molecule has 2 aromatic carbocycles. The van der Waals surface area contributed by atoms with Crippen LogP contribution < -0.4 is 38.0 Å². The highest BCUT2D eigenvalue weighted by molar-refractivity contribution is 5.77. The molecule has 0 aliphatic rings.